The quantitative estimate of drug-likeness (QED) is 0.427. The van der Waals surface area contributed by atoms with Gasteiger partial charge in [-0.15, -0.1) is 6.58 Å². The maximum atomic E-state index is 5.73. The van der Waals surface area contributed by atoms with Crippen LogP contribution in [0.15, 0.2) is 12.2 Å². The van der Waals surface area contributed by atoms with E-state index < -0.39 is 0 Å². The van der Waals surface area contributed by atoms with Gasteiger partial charge in [0.15, 0.2) is 0 Å². The number of hydrazine groups is 1. The Kier molecular flexibility index (Phi) is 5.00. The van der Waals surface area contributed by atoms with Crippen LogP contribution < -0.4 is 11.3 Å². The van der Waals surface area contributed by atoms with Gasteiger partial charge < -0.3 is 0 Å². The van der Waals surface area contributed by atoms with E-state index in [-0.39, 0.29) is 0 Å². The van der Waals surface area contributed by atoms with Gasteiger partial charge in [0.2, 0.25) is 0 Å². The zero-order chi connectivity index (χ0) is 12.2. The predicted molar refractivity (Wildman–Crippen MR) is 70.9 cm³/mol. The standard InChI is InChI=1S/C14H28N2/c1-11(2)8-9-13(16-15)12-7-5-6-10-14(12,3)4/h12-13,16H,1,5-10,15H2,2-4H3. The van der Waals surface area contributed by atoms with E-state index in [1.54, 1.807) is 0 Å². The van der Waals surface area contributed by atoms with Crippen molar-refractivity contribution in [3.63, 3.8) is 0 Å². The predicted octanol–water partition coefficient (Wildman–Crippen LogP) is 3.39. The van der Waals surface area contributed by atoms with E-state index in [1.165, 1.54) is 31.3 Å². The smallest absolute Gasteiger partial charge is 0.0246 e. The van der Waals surface area contributed by atoms with Crippen LogP contribution in [0.2, 0.25) is 0 Å². The zero-order valence-electron chi connectivity index (χ0n) is 11.2. The second-order valence-electron chi connectivity index (χ2n) is 6.11. The monoisotopic (exact) mass is 224 g/mol. The SMILES string of the molecule is C=C(C)CCC(NN)C1CCCCC1(C)C. The van der Waals surface area contributed by atoms with E-state index in [1.807, 2.05) is 0 Å². The van der Waals surface area contributed by atoms with E-state index in [0.29, 0.717) is 17.4 Å². The normalized spacial score (nSPS) is 26.4. The number of hydrogen-bond acceptors (Lipinski definition) is 2. The largest absolute Gasteiger partial charge is 0.271 e. The molecule has 0 amide bonds. The minimum Gasteiger partial charge on any atom is -0.271 e. The number of allylic oxidation sites excluding steroid dienone is 1. The minimum atomic E-state index is 0.435. The van der Waals surface area contributed by atoms with E-state index in [4.69, 9.17) is 5.84 Å². The summed E-state index contributed by atoms with van der Waals surface area (Å²) in [6, 6.07) is 0.451. The summed E-state index contributed by atoms with van der Waals surface area (Å²) in [5.74, 6) is 6.44. The van der Waals surface area contributed by atoms with Crippen molar-refractivity contribution in [2.45, 2.75) is 65.3 Å². The molecule has 0 heterocycles. The second kappa shape index (κ2) is 5.83. The number of nitrogens with one attached hydrogen (secondary N) is 1. The van der Waals surface area contributed by atoms with Crippen LogP contribution in [0.25, 0.3) is 0 Å². The Morgan fingerprint density at radius 1 is 1.50 bits per heavy atom. The Morgan fingerprint density at radius 3 is 2.69 bits per heavy atom. The first-order valence-electron chi connectivity index (χ1n) is 6.58. The molecular weight excluding hydrogens is 196 g/mol. The molecule has 0 aromatic heterocycles. The van der Waals surface area contributed by atoms with Crippen molar-refractivity contribution in [3.8, 4) is 0 Å². The Morgan fingerprint density at radius 2 is 2.19 bits per heavy atom. The highest BCUT2D eigenvalue weighted by Gasteiger charge is 2.36. The summed E-state index contributed by atoms with van der Waals surface area (Å²) in [6.45, 7) is 10.9. The van der Waals surface area contributed by atoms with Crippen LogP contribution >= 0.6 is 0 Å². The van der Waals surface area contributed by atoms with Crippen LogP contribution in [0, 0.1) is 11.3 Å². The van der Waals surface area contributed by atoms with Gasteiger partial charge in [0.1, 0.15) is 0 Å². The summed E-state index contributed by atoms with van der Waals surface area (Å²) in [5, 5.41) is 0. The van der Waals surface area contributed by atoms with Crippen molar-refractivity contribution in [1.29, 1.82) is 0 Å². The average molecular weight is 224 g/mol. The number of hydrogen-bond donors (Lipinski definition) is 2. The molecule has 2 unspecified atom stereocenters. The topological polar surface area (TPSA) is 38.0 Å². The molecule has 0 saturated heterocycles. The van der Waals surface area contributed by atoms with Gasteiger partial charge in [-0.2, -0.15) is 0 Å². The third-order valence-electron chi connectivity index (χ3n) is 4.17. The van der Waals surface area contributed by atoms with Crippen LogP contribution in [0.1, 0.15) is 59.3 Å². The molecule has 0 spiro atoms. The molecule has 16 heavy (non-hydrogen) atoms. The number of rotatable bonds is 5. The summed E-state index contributed by atoms with van der Waals surface area (Å²) in [4.78, 5) is 0. The first-order chi connectivity index (χ1) is 7.47. The highest BCUT2D eigenvalue weighted by atomic mass is 15.2. The fourth-order valence-electron chi connectivity index (χ4n) is 3.07. The highest BCUT2D eigenvalue weighted by Crippen LogP contribution is 2.43. The molecule has 1 rings (SSSR count). The Hall–Kier alpha value is -0.340. The fraction of sp³-hybridized carbons (Fsp3) is 0.857. The minimum absolute atomic E-state index is 0.435. The van der Waals surface area contributed by atoms with Gasteiger partial charge in [-0.3, -0.25) is 11.3 Å². The fourth-order valence-corrected chi connectivity index (χ4v) is 3.07. The lowest BCUT2D eigenvalue weighted by Gasteiger charge is -2.43. The molecule has 2 atom stereocenters. The molecule has 3 N–H and O–H groups in total. The van der Waals surface area contributed by atoms with Crippen molar-refractivity contribution >= 4 is 0 Å². The van der Waals surface area contributed by atoms with Crippen molar-refractivity contribution in [3.05, 3.63) is 12.2 Å². The summed E-state index contributed by atoms with van der Waals surface area (Å²) in [7, 11) is 0. The van der Waals surface area contributed by atoms with E-state index >= 15 is 0 Å². The summed E-state index contributed by atoms with van der Waals surface area (Å²) < 4.78 is 0. The third-order valence-corrected chi connectivity index (χ3v) is 4.17. The zero-order valence-corrected chi connectivity index (χ0v) is 11.2. The average Bonchev–Trinajstić information content (AvgIpc) is 2.20. The van der Waals surface area contributed by atoms with Gasteiger partial charge >= 0.3 is 0 Å². The summed E-state index contributed by atoms with van der Waals surface area (Å²) >= 11 is 0. The van der Waals surface area contributed by atoms with Crippen molar-refractivity contribution in [2.24, 2.45) is 17.2 Å². The number of nitrogens with two attached hydrogens (primary N) is 1. The molecule has 0 aliphatic heterocycles. The molecule has 1 fully saturated rings. The van der Waals surface area contributed by atoms with E-state index in [2.05, 4.69) is 32.8 Å². The molecule has 2 nitrogen and oxygen atoms in total. The van der Waals surface area contributed by atoms with Gasteiger partial charge in [-0.1, -0.05) is 32.3 Å². The molecule has 94 valence electrons. The first-order valence-corrected chi connectivity index (χ1v) is 6.58. The van der Waals surface area contributed by atoms with Crippen molar-refractivity contribution < 1.29 is 0 Å². The van der Waals surface area contributed by atoms with Crippen LogP contribution in [-0.2, 0) is 0 Å². The van der Waals surface area contributed by atoms with Gasteiger partial charge in [0.05, 0.1) is 0 Å². The molecular formula is C14H28N2. The van der Waals surface area contributed by atoms with Gasteiger partial charge in [0, 0.05) is 6.04 Å². The van der Waals surface area contributed by atoms with Crippen LogP contribution in [0.4, 0.5) is 0 Å². The van der Waals surface area contributed by atoms with E-state index in [0.717, 1.165) is 12.8 Å². The first kappa shape index (κ1) is 13.7. The lowest BCUT2D eigenvalue weighted by molar-refractivity contribution is 0.0948. The molecule has 1 aliphatic carbocycles. The Balaban J connectivity index is 2.59. The molecule has 1 aliphatic rings. The maximum absolute atomic E-state index is 5.73. The maximum Gasteiger partial charge on any atom is 0.0246 e. The van der Waals surface area contributed by atoms with Crippen LogP contribution in [0.5, 0.6) is 0 Å². The Bertz CT molecular complexity index is 233. The van der Waals surface area contributed by atoms with Gasteiger partial charge in [0.25, 0.3) is 0 Å². The molecule has 2 heteroatoms. The summed E-state index contributed by atoms with van der Waals surface area (Å²) in [5.41, 5.74) is 4.73. The molecule has 0 radical (unpaired) electrons. The molecule has 0 bridgehead atoms. The Labute approximate surface area is 101 Å². The summed E-state index contributed by atoms with van der Waals surface area (Å²) in [6.07, 6.45) is 7.60. The third kappa shape index (κ3) is 3.60. The van der Waals surface area contributed by atoms with Crippen LogP contribution in [0.3, 0.4) is 0 Å². The molecule has 0 aromatic rings. The second-order valence-corrected chi connectivity index (χ2v) is 6.11. The molecule has 1 saturated carbocycles. The highest BCUT2D eigenvalue weighted by molar-refractivity contribution is 4.94. The van der Waals surface area contributed by atoms with Gasteiger partial charge in [-0.25, -0.2) is 0 Å². The van der Waals surface area contributed by atoms with Crippen molar-refractivity contribution in [2.75, 3.05) is 0 Å². The van der Waals surface area contributed by atoms with Gasteiger partial charge in [-0.05, 0) is 43.9 Å². The van der Waals surface area contributed by atoms with Crippen LogP contribution in [-0.4, -0.2) is 6.04 Å². The van der Waals surface area contributed by atoms with Crippen molar-refractivity contribution in [1.82, 2.24) is 5.43 Å². The van der Waals surface area contributed by atoms with E-state index in [9.17, 15) is 0 Å². The lowest BCUT2D eigenvalue weighted by atomic mass is 9.65. The lowest BCUT2D eigenvalue weighted by Crippen LogP contribution is -2.47. The molecule has 0 aromatic carbocycles.